The molecule has 3 aromatic rings. The van der Waals surface area contributed by atoms with E-state index in [0.29, 0.717) is 29.9 Å². The van der Waals surface area contributed by atoms with Gasteiger partial charge in [-0.15, -0.1) is 0 Å². The summed E-state index contributed by atoms with van der Waals surface area (Å²) in [5, 5.41) is 9.90. The van der Waals surface area contributed by atoms with Crippen molar-refractivity contribution in [2.75, 3.05) is 0 Å². The van der Waals surface area contributed by atoms with Crippen molar-refractivity contribution in [1.82, 2.24) is 9.55 Å². The molecule has 1 saturated carbocycles. The lowest BCUT2D eigenvalue weighted by molar-refractivity contribution is -0.376. The summed E-state index contributed by atoms with van der Waals surface area (Å²) in [4.78, 5) is 17.8. The Hall–Kier alpha value is -2.88. The Labute approximate surface area is 184 Å². The van der Waals surface area contributed by atoms with Crippen LogP contribution in [0.15, 0.2) is 53.3 Å². The summed E-state index contributed by atoms with van der Waals surface area (Å²) >= 11 is 0. The van der Waals surface area contributed by atoms with E-state index in [4.69, 9.17) is 0 Å². The van der Waals surface area contributed by atoms with Crippen LogP contribution in [0.2, 0.25) is 0 Å². The zero-order chi connectivity index (χ0) is 24.0. The molecule has 0 aliphatic heterocycles. The smallest absolute Gasteiger partial charge is 0.369 e. The lowest BCUT2D eigenvalue weighted by Crippen LogP contribution is -2.53. The van der Waals surface area contributed by atoms with Crippen molar-refractivity contribution in [3.63, 3.8) is 0 Å². The highest BCUT2D eigenvalue weighted by molar-refractivity contribution is 5.77. The molecule has 1 aliphatic rings. The number of alkyl halides is 6. The quantitative estimate of drug-likeness (QED) is 0.518. The van der Waals surface area contributed by atoms with Gasteiger partial charge in [-0.05, 0) is 30.2 Å². The minimum absolute atomic E-state index is 0.0710. The van der Waals surface area contributed by atoms with Gasteiger partial charge in [-0.2, -0.15) is 26.3 Å². The fraction of sp³-hybridized carbons (Fsp3) is 0.391. The summed E-state index contributed by atoms with van der Waals surface area (Å²) in [6.07, 6.45) is -7.52. The molecule has 0 radical (unpaired) electrons. The number of halogens is 6. The highest BCUT2D eigenvalue weighted by Crippen LogP contribution is 2.50. The average molecular weight is 470 g/mol. The molecule has 1 heterocycles. The number of rotatable bonds is 4. The first-order chi connectivity index (χ1) is 15.4. The van der Waals surface area contributed by atoms with E-state index in [0.717, 1.165) is 37.8 Å². The van der Waals surface area contributed by atoms with E-state index >= 15 is 0 Å². The average Bonchev–Trinajstić information content (AvgIpc) is 3.25. The van der Waals surface area contributed by atoms with Crippen LogP contribution >= 0.6 is 0 Å². The molecule has 1 aromatic heterocycles. The van der Waals surface area contributed by atoms with E-state index in [1.807, 2.05) is 0 Å². The second-order valence-electron chi connectivity index (χ2n) is 8.29. The molecular formula is C23H20F6N2O2. The number of hydrogen-bond acceptors (Lipinski definition) is 3. The molecule has 33 heavy (non-hydrogen) atoms. The van der Waals surface area contributed by atoms with Crippen molar-refractivity contribution in [1.29, 1.82) is 0 Å². The molecule has 0 spiro atoms. The first kappa shape index (κ1) is 23.3. The van der Waals surface area contributed by atoms with Crippen molar-refractivity contribution in [2.45, 2.75) is 50.1 Å². The number of hydrogen-bond donors (Lipinski definition) is 1. The van der Waals surface area contributed by atoms with Crippen molar-refractivity contribution in [2.24, 2.45) is 5.92 Å². The zero-order valence-electron chi connectivity index (χ0n) is 17.2. The highest BCUT2D eigenvalue weighted by atomic mass is 19.4. The molecule has 0 unspecified atom stereocenters. The predicted molar refractivity (Wildman–Crippen MR) is 109 cm³/mol. The summed E-state index contributed by atoms with van der Waals surface area (Å²) in [6.45, 7) is 0. The first-order valence-corrected chi connectivity index (χ1v) is 10.4. The van der Waals surface area contributed by atoms with Crippen molar-refractivity contribution in [3.8, 4) is 5.69 Å². The van der Waals surface area contributed by atoms with Crippen molar-refractivity contribution in [3.05, 3.63) is 70.3 Å². The summed E-state index contributed by atoms with van der Waals surface area (Å²) < 4.78 is 80.5. The van der Waals surface area contributed by atoms with Gasteiger partial charge in [0, 0.05) is 12.0 Å². The Balaban J connectivity index is 1.85. The summed E-state index contributed by atoms with van der Waals surface area (Å²) in [5.74, 6) is 0.671. The third-order valence-corrected chi connectivity index (χ3v) is 6.15. The fourth-order valence-electron chi connectivity index (χ4n) is 4.39. The Morgan fingerprint density at radius 1 is 0.909 bits per heavy atom. The van der Waals surface area contributed by atoms with Crippen LogP contribution < -0.4 is 5.56 Å². The lowest BCUT2D eigenvalue weighted by atomic mass is 9.92. The van der Waals surface area contributed by atoms with Crippen LogP contribution in [0.1, 0.15) is 37.1 Å². The maximum atomic E-state index is 13.2. The minimum Gasteiger partial charge on any atom is -0.369 e. The second kappa shape index (κ2) is 8.16. The highest BCUT2D eigenvalue weighted by Gasteiger charge is 2.71. The van der Waals surface area contributed by atoms with E-state index in [2.05, 4.69) is 4.98 Å². The molecule has 0 saturated heterocycles. The molecule has 4 nitrogen and oxygen atoms in total. The summed E-state index contributed by atoms with van der Waals surface area (Å²) in [5.41, 5.74) is -6.35. The molecule has 10 heteroatoms. The van der Waals surface area contributed by atoms with Crippen LogP contribution in [-0.4, -0.2) is 27.0 Å². The molecule has 0 atom stereocenters. The predicted octanol–water partition coefficient (Wildman–Crippen LogP) is 5.43. The van der Waals surface area contributed by atoms with E-state index < -0.39 is 29.1 Å². The number of benzene rings is 2. The van der Waals surface area contributed by atoms with Crippen LogP contribution in [0.3, 0.4) is 0 Å². The molecule has 4 rings (SSSR count). The van der Waals surface area contributed by atoms with Crippen LogP contribution in [0.25, 0.3) is 16.6 Å². The zero-order valence-corrected chi connectivity index (χ0v) is 17.2. The SMILES string of the molecule is O=c1c2ccccc2nc(CC2CCCC2)n1-c1ccc(C(O)(C(F)(F)F)C(F)(F)F)cc1. The molecule has 2 aromatic carbocycles. The van der Waals surface area contributed by atoms with Crippen molar-refractivity contribution < 1.29 is 31.4 Å². The molecule has 0 amide bonds. The molecular weight excluding hydrogens is 450 g/mol. The monoisotopic (exact) mass is 470 g/mol. The first-order valence-electron chi connectivity index (χ1n) is 10.4. The van der Waals surface area contributed by atoms with E-state index in [9.17, 15) is 36.2 Å². The van der Waals surface area contributed by atoms with Crippen molar-refractivity contribution >= 4 is 10.9 Å². The third-order valence-electron chi connectivity index (χ3n) is 6.15. The minimum atomic E-state index is -5.98. The van der Waals surface area contributed by atoms with Crippen LogP contribution in [-0.2, 0) is 12.0 Å². The largest absolute Gasteiger partial charge is 0.430 e. The van der Waals surface area contributed by atoms with Gasteiger partial charge in [0.1, 0.15) is 5.82 Å². The number of fused-ring (bicyclic) bond motifs is 1. The normalized spacial score (nSPS) is 16.0. The fourth-order valence-corrected chi connectivity index (χ4v) is 4.39. The molecule has 1 aliphatic carbocycles. The van der Waals surface area contributed by atoms with Gasteiger partial charge in [-0.3, -0.25) is 9.36 Å². The lowest BCUT2D eigenvalue weighted by Gasteiger charge is -2.32. The number of aliphatic hydroxyl groups is 1. The summed E-state index contributed by atoms with van der Waals surface area (Å²) in [7, 11) is 0. The Morgan fingerprint density at radius 3 is 2.06 bits per heavy atom. The Morgan fingerprint density at radius 2 is 1.48 bits per heavy atom. The molecule has 1 N–H and O–H groups in total. The van der Waals surface area contributed by atoms with Gasteiger partial charge in [0.25, 0.3) is 11.2 Å². The Kier molecular flexibility index (Phi) is 5.76. The molecule has 176 valence electrons. The summed E-state index contributed by atoms with van der Waals surface area (Å²) in [6, 6.07) is 9.61. The van der Waals surface area contributed by atoms with Gasteiger partial charge in [0.15, 0.2) is 0 Å². The molecule has 1 fully saturated rings. The van der Waals surface area contributed by atoms with Gasteiger partial charge in [0.2, 0.25) is 0 Å². The second-order valence-corrected chi connectivity index (χ2v) is 8.29. The Bertz CT molecular complexity index is 1190. The topological polar surface area (TPSA) is 55.1 Å². The third kappa shape index (κ3) is 4.01. The van der Waals surface area contributed by atoms with Crippen LogP contribution in [0, 0.1) is 5.92 Å². The maximum absolute atomic E-state index is 13.2. The maximum Gasteiger partial charge on any atom is 0.430 e. The van der Waals surface area contributed by atoms with E-state index in [1.165, 1.54) is 4.57 Å². The number of aromatic nitrogens is 2. The van der Waals surface area contributed by atoms with Gasteiger partial charge in [-0.25, -0.2) is 4.98 Å². The molecule has 0 bridgehead atoms. The van der Waals surface area contributed by atoms with Crippen LogP contribution in [0.4, 0.5) is 26.3 Å². The van der Waals surface area contributed by atoms with E-state index in [-0.39, 0.29) is 17.0 Å². The number of para-hydroxylation sites is 1. The number of nitrogens with zero attached hydrogens (tertiary/aromatic N) is 2. The van der Waals surface area contributed by atoms with Gasteiger partial charge in [0.05, 0.1) is 16.6 Å². The van der Waals surface area contributed by atoms with Gasteiger partial charge in [-0.1, -0.05) is 49.9 Å². The van der Waals surface area contributed by atoms with Crippen LogP contribution in [0.5, 0.6) is 0 Å². The standard InChI is InChI=1S/C23H20F6N2O2/c24-22(25,26)21(33,23(27,28)29)15-9-11-16(12-10-15)31-19(13-14-5-1-2-6-14)30-18-8-4-3-7-17(18)20(31)32/h3-4,7-12,14,33H,1-2,5-6,13H2. The van der Waals surface area contributed by atoms with Gasteiger partial charge < -0.3 is 5.11 Å². The van der Waals surface area contributed by atoms with E-state index in [1.54, 1.807) is 24.3 Å². The van der Waals surface area contributed by atoms with Gasteiger partial charge >= 0.3 is 12.4 Å².